The number of anilines is 2. The average Bonchev–Trinajstić information content (AvgIpc) is 3.09. The summed E-state index contributed by atoms with van der Waals surface area (Å²) in [5.74, 6) is 2.70. The minimum atomic E-state index is 0.857. The van der Waals surface area contributed by atoms with Crippen LogP contribution in [0.1, 0.15) is 27.7 Å². The lowest BCUT2D eigenvalue weighted by Gasteiger charge is -2.21. The van der Waals surface area contributed by atoms with Crippen molar-refractivity contribution in [1.82, 2.24) is 4.57 Å². The lowest BCUT2D eigenvalue weighted by Crippen LogP contribution is -2.06. The number of ether oxygens (including phenoxy) is 1. The highest BCUT2D eigenvalue weighted by Gasteiger charge is 2.25. The predicted molar refractivity (Wildman–Crippen MR) is 116 cm³/mol. The first-order valence-corrected chi connectivity index (χ1v) is 9.64. The van der Waals surface area contributed by atoms with E-state index in [-0.39, 0.29) is 0 Å². The summed E-state index contributed by atoms with van der Waals surface area (Å²) < 4.78 is 8.42. The number of benzene rings is 3. The van der Waals surface area contributed by atoms with E-state index in [0.717, 1.165) is 39.6 Å². The Kier molecular flexibility index (Phi) is 5.82. The van der Waals surface area contributed by atoms with E-state index in [0.29, 0.717) is 0 Å². The molecule has 1 N–H and O–H groups in total. The Morgan fingerprint density at radius 2 is 1.33 bits per heavy atom. The summed E-state index contributed by atoms with van der Waals surface area (Å²) in [6.07, 6.45) is 0. The van der Waals surface area contributed by atoms with Gasteiger partial charge >= 0.3 is 0 Å². The first-order chi connectivity index (χ1) is 13.4. The summed E-state index contributed by atoms with van der Waals surface area (Å²) >= 11 is 0. The number of nitrogens with zero attached hydrogens (tertiary/aromatic N) is 1. The summed E-state index contributed by atoms with van der Waals surface area (Å²) in [4.78, 5) is 0. The van der Waals surface area contributed by atoms with Crippen LogP contribution in [0.3, 0.4) is 0 Å². The Labute approximate surface area is 161 Å². The van der Waals surface area contributed by atoms with Gasteiger partial charge < -0.3 is 10.1 Å². The average molecular weight is 358 g/mol. The summed E-state index contributed by atoms with van der Waals surface area (Å²) in [5, 5.41) is 4.64. The Morgan fingerprint density at radius 3 is 2.11 bits per heavy atom. The molecular formula is C24H26N2O. The molecule has 138 valence electrons. The summed E-state index contributed by atoms with van der Waals surface area (Å²) in [6, 6.07) is 26.7. The highest BCUT2D eigenvalue weighted by Crippen LogP contribution is 2.48. The summed E-state index contributed by atoms with van der Waals surface area (Å²) in [5.41, 5.74) is 3.23. The molecule has 3 nitrogen and oxygen atoms in total. The first-order valence-electron chi connectivity index (χ1n) is 9.64. The Balaban J connectivity index is 0.000000495. The van der Waals surface area contributed by atoms with Gasteiger partial charge in [0.2, 0.25) is 0 Å². The second kappa shape index (κ2) is 8.45. The Bertz CT molecular complexity index is 1020. The van der Waals surface area contributed by atoms with Crippen molar-refractivity contribution in [1.29, 1.82) is 0 Å². The van der Waals surface area contributed by atoms with E-state index in [9.17, 15) is 0 Å². The zero-order valence-corrected chi connectivity index (χ0v) is 16.4. The van der Waals surface area contributed by atoms with Crippen molar-refractivity contribution in [3.05, 3.63) is 78.9 Å². The van der Waals surface area contributed by atoms with Crippen molar-refractivity contribution in [2.24, 2.45) is 0 Å². The molecule has 1 aliphatic rings. The minimum absolute atomic E-state index is 0.857. The summed E-state index contributed by atoms with van der Waals surface area (Å²) in [6.45, 7) is 8.00. The van der Waals surface area contributed by atoms with E-state index in [4.69, 9.17) is 4.74 Å². The van der Waals surface area contributed by atoms with Gasteiger partial charge in [-0.25, -0.2) is 0 Å². The van der Waals surface area contributed by atoms with E-state index in [1.807, 2.05) is 76.2 Å². The normalized spacial score (nSPS) is 10.8. The van der Waals surface area contributed by atoms with Crippen LogP contribution in [0.25, 0.3) is 16.6 Å². The van der Waals surface area contributed by atoms with Crippen LogP contribution in [0.15, 0.2) is 78.9 Å². The van der Waals surface area contributed by atoms with E-state index in [1.165, 1.54) is 0 Å². The monoisotopic (exact) mass is 358 g/mol. The smallest absolute Gasteiger partial charge is 0.178 e. The van der Waals surface area contributed by atoms with Crippen LogP contribution in [-0.4, -0.2) is 4.57 Å². The SMILES string of the molecule is CC.CC.c1ccc(-n2c3c(c4ccccc42)Oc2ccccc2N3)cc1. The molecule has 1 aliphatic heterocycles. The van der Waals surface area contributed by atoms with E-state index < -0.39 is 0 Å². The van der Waals surface area contributed by atoms with Gasteiger partial charge in [0, 0.05) is 11.1 Å². The number of hydrogen-bond acceptors (Lipinski definition) is 2. The van der Waals surface area contributed by atoms with Gasteiger partial charge in [0.05, 0.1) is 11.2 Å². The molecule has 27 heavy (non-hydrogen) atoms. The molecular weight excluding hydrogens is 332 g/mol. The highest BCUT2D eigenvalue weighted by molar-refractivity contribution is 5.98. The maximum Gasteiger partial charge on any atom is 0.178 e. The molecule has 0 atom stereocenters. The lowest BCUT2D eigenvalue weighted by atomic mass is 10.2. The van der Waals surface area contributed by atoms with Gasteiger partial charge in [-0.3, -0.25) is 4.57 Å². The molecule has 0 amide bonds. The van der Waals surface area contributed by atoms with E-state index in [2.05, 4.69) is 40.2 Å². The molecule has 3 heteroatoms. The van der Waals surface area contributed by atoms with Crippen LogP contribution >= 0.6 is 0 Å². The third-order valence-electron chi connectivity index (χ3n) is 4.19. The quantitative estimate of drug-likeness (QED) is 0.335. The topological polar surface area (TPSA) is 26.2 Å². The standard InChI is InChI=1S/C20H14N2O.2C2H6/c1-2-8-14(9-3-1)22-17-12-6-4-10-15(17)19-20(22)21-16-11-5-7-13-18(16)23-19;2*1-2/h1-13,21H;2*1-2H3. The van der Waals surface area contributed by atoms with Crippen LogP contribution in [0.2, 0.25) is 0 Å². The largest absolute Gasteiger partial charge is 0.451 e. The zero-order chi connectivity index (χ0) is 19.2. The van der Waals surface area contributed by atoms with Gasteiger partial charge in [0.1, 0.15) is 0 Å². The van der Waals surface area contributed by atoms with Crippen molar-refractivity contribution in [3.8, 4) is 17.2 Å². The Morgan fingerprint density at radius 1 is 0.704 bits per heavy atom. The van der Waals surface area contributed by atoms with Crippen LogP contribution in [-0.2, 0) is 0 Å². The van der Waals surface area contributed by atoms with Gasteiger partial charge in [0.15, 0.2) is 17.3 Å². The van der Waals surface area contributed by atoms with Crippen LogP contribution in [0, 0.1) is 0 Å². The van der Waals surface area contributed by atoms with Gasteiger partial charge in [-0.1, -0.05) is 70.2 Å². The van der Waals surface area contributed by atoms with Gasteiger partial charge in [-0.05, 0) is 36.4 Å². The van der Waals surface area contributed by atoms with Gasteiger partial charge in [-0.2, -0.15) is 0 Å². The zero-order valence-electron chi connectivity index (χ0n) is 16.4. The van der Waals surface area contributed by atoms with E-state index in [1.54, 1.807) is 0 Å². The number of rotatable bonds is 1. The third-order valence-corrected chi connectivity index (χ3v) is 4.19. The number of aromatic nitrogens is 1. The fourth-order valence-corrected chi connectivity index (χ4v) is 3.17. The predicted octanol–water partition coefficient (Wildman–Crippen LogP) is 7.53. The molecule has 3 aromatic carbocycles. The molecule has 0 radical (unpaired) electrons. The van der Waals surface area contributed by atoms with Crippen molar-refractivity contribution >= 4 is 22.4 Å². The number of nitrogens with one attached hydrogen (secondary N) is 1. The highest BCUT2D eigenvalue weighted by atomic mass is 16.5. The van der Waals surface area contributed by atoms with Crippen molar-refractivity contribution < 1.29 is 4.74 Å². The van der Waals surface area contributed by atoms with E-state index >= 15 is 0 Å². The molecule has 0 spiro atoms. The molecule has 1 aromatic heterocycles. The Hall–Kier alpha value is -3.20. The number of fused-ring (bicyclic) bond motifs is 4. The molecule has 0 saturated heterocycles. The van der Waals surface area contributed by atoms with Crippen molar-refractivity contribution in [3.63, 3.8) is 0 Å². The molecule has 0 bridgehead atoms. The molecule has 0 aliphatic carbocycles. The maximum absolute atomic E-state index is 6.21. The summed E-state index contributed by atoms with van der Waals surface area (Å²) in [7, 11) is 0. The molecule has 5 rings (SSSR count). The molecule has 2 heterocycles. The first kappa shape index (κ1) is 18.6. The van der Waals surface area contributed by atoms with Crippen molar-refractivity contribution in [2.45, 2.75) is 27.7 Å². The second-order valence-corrected chi connectivity index (χ2v) is 5.59. The van der Waals surface area contributed by atoms with Crippen LogP contribution in [0.4, 0.5) is 11.5 Å². The molecule has 0 unspecified atom stereocenters. The number of para-hydroxylation sites is 4. The number of hydrogen-bond donors (Lipinski definition) is 1. The van der Waals surface area contributed by atoms with Gasteiger partial charge in [-0.15, -0.1) is 0 Å². The molecule has 0 fully saturated rings. The molecule has 0 saturated carbocycles. The molecule has 4 aromatic rings. The fourth-order valence-electron chi connectivity index (χ4n) is 3.17. The minimum Gasteiger partial charge on any atom is -0.451 e. The second-order valence-electron chi connectivity index (χ2n) is 5.59. The lowest BCUT2D eigenvalue weighted by molar-refractivity contribution is 0.485. The third kappa shape index (κ3) is 3.28. The van der Waals surface area contributed by atoms with Crippen LogP contribution < -0.4 is 10.1 Å². The van der Waals surface area contributed by atoms with Gasteiger partial charge in [0.25, 0.3) is 0 Å². The maximum atomic E-state index is 6.21. The van der Waals surface area contributed by atoms with Crippen LogP contribution in [0.5, 0.6) is 11.5 Å². The fraction of sp³-hybridized carbons (Fsp3) is 0.167. The van der Waals surface area contributed by atoms with Crippen molar-refractivity contribution in [2.75, 3.05) is 5.32 Å².